The fourth-order valence-corrected chi connectivity index (χ4v) is 1.67. The minimum absolute atomic E-state index is 0. The Kier molecular flexibility index (Phi) is 6.14. The number of nitrogens with one attached hydrogen (secondary N) is 1. The van der Waals surface area contributed by atoms with Crippen molar-refractivity contribution in [2.45, 2.75) is 12.7 Å². The molecule has 22 heavy (non-hydrogen) atoms. The maximum atomic E-state index is 12.8. The molecular formula is C12H14F3IN6. The quantitative estimate of drug-likeness (QED) is 0.449. The van der Waals surface area contributed by atoms with Crippen molar-refractivity contribution in [2.75, 3.05) is 5.32 Å². The standard InChI is InChI=1S/C12H13F3N6.HI/c1-21-7-8(10(20-21)12(13,14)15)6-18-11(16)19-9-4-2-3-5-17-9;/h2-5,7H,6H2,1H3,(H3,16,17,18,19);1H. The molecule has 0 atom stereocenters. The molecule has 2 rings (SSSR count). The van der Waals surface area contributed by atoms with Crippen molar-refractivity contribution in [3.8, 4) is 0 Å². The van der Waals surface area contributed by atoms with E-state index in [1.54, 1.807) is 24.4 Å². The molecule has 0 aromatic carbocycles. The maximum Gasteiger partial charge on any atom is 0.435 e. The van der Waals surface area contributed by atoms with Crippen LogP contribution in [0.2, 0.25) is 0 Å². The Morgan fingerprint density at radius 1 is 1.41 bits per heavy atom. The fraction of sp³-hybridized carbons (Fsp3) is 0.250. The Morgan fingerprint density at radius 2 is 2.14 bits per heavy atom. The number of nitrogens with zero attached hydrogens (tertiary/aromatic N) is 4. The molecular weight excluding hydrogens is 412 g/mol. The summed E-state index contributed by atoms with van der Waals surface area (Å²) in [5.74, 6) is 0.437. The third kappa shape index (κ3) is 4.86. The van der Waals surface area contributed by atoms with Crippen molar-refractivity contribution in [2.24, 2.45) is 17.8 Å². The second-order valence-corrected chi connectivity index (χ2v) is 4.22. The lowest BCUT2D eigenvalue weighted by Crippen LogP contribution is -2.23. The van der Waals surface area contributed by atoms with E-state index in [2.05, 4.69) is 20.4 Å². The first-order valence-corrected chi connectivity index (χ1v) is 5.94. The molecule has 0 unspecified atom stereocenters. The maximum absolute atomic E-state index is 12.8. The van der Waals surface area contributed by atoms with Crippen molar-refractivity contribution in [1.29, 1.82) is 0 Å². The molecule has 0 aliphatic rings. The van der Waals surface area contributed by atoms with Gasteiger partial charge in [0.2, 0.25) is 0 Å². The highest BCUT2D eigenvalue weighted by atomic mass is 127. The minimum Gasteiger partial charge on any atom is -0.370 e. The summed E-state index contributed by atoms with van der Waals surface area (Å²) < 4.78 is 39.3. The number of alkyl halides is 3. The second-order valence-electron chi connectivity index (χ2n) is 4.22. The van der Waals surface area contributed by atoms with Crippen LogP contribution in [0.5, 0.6) is 0 Å². The summed E-state index contributed by atoms with van der Waals surface area (Å²) in [6.45, 7) is -0.228. The van der Waals surface area contributed by atoms with Crippen LogP contribution in [0, 0.1) is 0 Å². The lowest BCUT2D eigenvalue weighted by Gasteiger charge is -2.06. The monoisotopic (exact) mass is 426 g/mol. The molecule has 2 aromatic heterocycles. The van der Waals surface area contributed by atoms with Crippen molar-refractivity contribution < 1.29 is 13.2 Å². The Labute approximate surface area is 141 Å². The molecule has 0 saturated heterocycles. The lowest BCUT2D eigenvalue weighted by atomic mass is 10.2. The number of hydrogen-bond donors (Lipinski definition) is 2. The summed E-state index contributed by atoms with van der Waals surface area (Å²) in [5, 5.41) is 6.08. The largest absolute Gasteiger partial charge is 0.435 e. The molecule has 0 aliphatic heterocycles. The summed E-state index contributed by atoms with van der Waals surface area (Å²) in [6.07, 6.45) is -1.70. The van der Waals surface area contributed by atoms with Gasteiger partial charge in [0.05, 0.1) is 6.54 Å². The number of aliphatic imine (C=N–C) groups is 1. The molecule has 10 heteroatoms. The first kappa shape index (κ1) is 18.2. The zero-order valence-electron chi connectivity index (χ0n) is 11.5. The molecule has 2 heterocycles. The Bertz CT molecular complexity index is 638. The molecule has 6 nitrogen and oxygen atoms in total. The number of rotatable bonds is 3. The van der Waals surface area contributed by atoms with Crippen molar-refractivity contribution in [3.63, 3.8) is 0 Å². The topological polar surface area (TPSA) is 81.1 Å². The molecule has 0 radical (unpaired) electrons. The summed E-state index contributed by atoms with van der Waals surface area (Å²) in [5.41, 5.74) is 4.61. The number of aryl methyl sites for hydroxylation is 1. The number of halogens is 4. The van der Waals surface area contributed by atoms with E-state index in [4.69, 9.17) is 5.73 Å². The number of pyridine rings is 1. The van der Waals surface area contributed by atoms with E-state index < -0.39 is 11.9 Å². The van der Waals surface area contributed by atoms with Crippen LogP contribution in [0.3, 0.4) is 0 Å². The summed E-state index contributed by atoms with van der Waals surface area (Å²) in [7, 11) is 1.41. The predicted octanol–water partition coefficient (Wildman–Crippen LogP) is 2.38. The van der Waals surface area contributed by atoms with Gasteiger partial charge in [0.1, 0.15) is 5.82 Å². The van der Waals surface area contributed by atoms with Gasteiger partial charge in [-0.2, -0.15) is 18.3 Å². The molecule has 0 saturated carbocycles. The smallest absolute Gasteiger partial charge is 0.370 e. The van der Waals surface area contributed by atoms with Crippen LogP contribution in [-0.2, 0) is 19.8 Å². The van der Waals surface area contributed by atoms with Crippen LogP contribution < -0.4 is 11.1 Å². The molecule has 120 valence electrons. The molecule has 0 fully saturated rings. The second kappa shape index (κ2) is 7.42. The van der Waals surface area contributed by atoms with Gasteiger partial charge in [-0.25, -0.2) is 9.98 Å². The number of hydrogen-bond acceptors (Lipinski definition) is 3. The van der Waals surface area contributed by atoms with Gasteiger partial charge in [0.25, 0.3) is 0 Å². The van der Waals surface area contributed by atoms with E-state index in [9.17, 15) is 13.2 Å². The van der Waals surface area contributed by atoms with Crippen molar-refractivity contribution >= 4 is 35.8 Å². The Balaban J connectivity index is 0.00000242. The molecule has 0 bridgehead atoms. The van der Waals surface area contributed by atoms with Gasteiger partial charge in [-0.05, 0) is 12.1 Å². The number of anilines is 1. The van der Waals surface area contributed by atoms with Gasteiger partial charge in [-0.1, -0.05) is 6.07 Å². The first-order valence-electron chi connectivity index (χ1n) is 5.94. The average molecular weight is 426 g/mol. The van der Waals surface area contributed by atoms with E-state index in [-0.39, 0.29) is 42.0 Å². The lowest BCUT2D eigenvalue weighted by molar-refractivity contribution is -0.142. The third-order valence-electron chi connectivity index (χ3n) is 2.51. The summed E-state index contributed by atoms with van der Waals surface area (Å²) in [6, 6.07) is 5.13. The Morgan fingerprint density at radius 3 is 2.73 bits per heavy atom. The van der Waals surface area contributed by atoms with E-state index in [1.807, 2.05) is 0 Å². The third-order valence-corrected chi connectivity index (χ3v) is 2.51. The minimum atomic E-state index is -4.52. The van der Waals surface area contributed by atoms with Gasteiger partial charge in [-0.15, -0.1) is 24.0 Å². The fourth-order valence-electron chi connectivity index (χ4n) is 1.67. The molecule has 0 spiro atoms. The van der Waals surface area contributed by atoms with Gasteiger partial charge < -0.3 is 11.1 Å². The van der Waals surface area contributed by atoms with Gasteiger partial charge in [0.15, 0.2) is 11.7 Å². The molecule has 0 amide bonds. The average Bonchev–Trinajstić information content (AvgIpc) is 2.79. The highest BCUT2D eigenvalue weighted by Crippen LogP contribution is 2.30. The van der Waals surface area contributed by atoms with E-state index >= 15 is 0 Å². The normalized spacial score (nSPS) is 11.9. The SMILES string of the molecule is Cn1cc(CN=C(N)Nc2ccccn2)c(C(F)(F)F)n1.I. The van der Waals surface area contributed by atoms with Crippen LogP contribution in [-0.4, -0.2) is 20.7 Å². The predicted molar refractivity (Wildman–Crippen MR) is 86.8 cm³/mol. The van der Waals surface area contributed by atoms with Crippen molar-refractivity contribution in [1.82, 2.24) is 14.8 Å². The van der Waals surface area contributed by atoms with Crippen LogP contribution in [0.1, 0.15) is 11.3 Å². The number of guanidine groups is 1. The number of aromatic nitrogens is 3. The zero-order chi connectivity index (χ0) is 15.5. The molecule has 3 N–H and O–H groups in total. The Hall–Kier alpha value is -1.85. The molecule has 2 aromatic rings. The van der Waals surface area contributed by atoms with Gasteiger partial charge >= 0.3 is 6.18 Å². The van der Waals surface area contributed by atoms with Crippen LogP contribution in [0.4, 0.5) is 19.0 Å². The van der Waals surface area contributed by atoms with Crippen LogP contribution >= 0.6 is 24.0 Å². The van der Waals surface area contributed by atoms with Gasteiger partial charge in [-0.3, -0.25) is 4.68 Å². The first-order chi connectivity index (χ1) is 9.86. The van der Waals surface area contributed by atoms with E-state index in [0.29, 0.717) is 5.82 Å². The van der Waals surface area contributed by atoms with Crippen molar-refractivity contribution in [3.05, 3.63) is 41.9 Å². The van der Waals surface area contributed by atoms with E-state index in [0.717, 1.165) is 4.68 Å². The highest BCUT2D eigenvalue weighted by Gasteiger charge is 2.36. The molecule has 0 aliphatic carbocycles. The summed E-state index contributed by atoms with van der Waals surface area (Å²) >= 11 is 0. The highest BCUT2D eigenvalue weighted by molar-refractivity contribution is 14.0. The van der Waals surface area contributed by atoms with E-state index in [1.165, 1.54) is 13.2 Å². The summed E-state index contributed by atoms with van der Waals surface area (Å²) in [4.78, 5) is 7.83. The number of nitrogens with two attached hydrogens (primary N) is 1. The van der Waals surface area contributed by atoms with Crippen LogP contribution in [0.25, 0.3) is 0 Å². The zero-order valence-corrected chi connectivity index (χ0v) is 13.8. The van der Waals surface area contributed by atoms with Crippen LogP contribution in [0.15, 0.2) is 35.6 Å². The van der Waals surface area contributed by atoms with Gasteiger partial charge in [0, 0.05) is 25.0 Å².